The summed E-state index contributed by atoms with van der Waals surface area (Å²) in [7, 11) is 0. The van der Waals surface area contributed by atoms with Gasteiger partial charge in [0, 0.05) is 17.4 Å². The van der Waals surface area contributed by atoms with Crippen molar-refractivity contribution in [2.75, 3.05) is 0 Å². The van der Waals surface area contributed by atoms with Crippen LogP contribution in [0.15, 0.2) is 46.9 Å². The van der Waals surface area contributed by atoms with Crippen LogP contribution in [0.2, 0.25) is 0 Å². The number of alkyl halides is 3. The summed E-state index contributed by atoms with van der Waals surface area (Å²) in [5.74, 6) is -0.0430. The predicted molar refractivity (Wildman–Crippen MR) is 176 cm³/mol. The molecule has 0 aliphatic carbocycles. The first-order valence-electron chi connectivity index (χ1n) is 16.2. The first kappa shape index (κ1) is 36.5. The van der Waals surface area contributed by atoms with Crippen LogP contribution in [0.25, 0.3) is 22.3 Å². The van der Waals surface area contributed by atoms with E-state index in [-0.39, 0.29) is 33.9 Å². The van der Waals surface area contributed by atoms with Crippen LogP contribution in [0.5, 0.6) is 5.75 Å². The number of hydrogen-bond acceptors (Lipinski definition) is 4. The molecule has 0 spiro atoms. The highest BCUT2D eigenvalue weighted by Gasteiger charge is 2.48. The molecular formula is C38H53F3O4. The molecule has 0 saturated heterocycles. The van der Waals surface area contributed by atoms with Gasteiger partial charge in [-0.25, -0.2) is 0 Å². The van der Waals surface area contributed by atoms with Gasteiger partial charge >= 0.3 is 12.1 Å². The van der Waals surface area contributed by atoms with Crippen molar-refractivity contribution in [3.63, 3.8) is 0 Å². The van der Waals surface area contributed by atoms with E-state index in [0.29, 0.717) is 18.4 Å². The van der Waals surface area contributed by atoms with Crippen LogP contribution in [-0.2, 0) is 22.1 Å². The van der Waals surface area contributed by atoms with Gasteiger partial charge in [-0.15, -0.1) is 0 Å². The zero-order chi connectivity index (χ0) is 34.0. The first-order chi connectivity index (χ1) is 20.5. The number of hydrogen-bond donors (Lipinski definition) is 0. The molecule has 0 fully saturated rings. The molecule has 0 radical (unpaired) electrons. The van der Waals surface area contributed by atoms with Gasteiger partial charge < -0.3 is 13.9 Å². The zero-order valence-electron chi connectivity index (χ0n) is 29.1. The molecule has 3 aromatic rings. The highest BCUT2D eigenvalue weighted by atomic mass is 19.4. The molecule has 2 unspecified atom stereocenters. The summed E-state index contributed by atoms with van der Waals surface area (Å²) >= 11 is 0. The number of benzene rings is 2. The van der Waals surface area contributed by atoms with E-state index in [1.165, 1.54) is 12.1 Å². The van der Waals surface area contributed by atoms with Gasteiger partial charge in [-0.1, -0.05) is 73.4 Å². The molecule has 4 nitrogen and oxygen atoms in total. The molecule has 3 rings (SSSR count). The van der Waals surface area contributed by atoms with Crippen LogP contribution in [-0.4, -0.2) is 17.7 Å². The van der Waals surface area contributed by atoms with E-state index in [1.807, 2.05) is 45.9 Å². The molecule has 1 aromatic heterocycles. The Kier molecular flexibility index (Phi) is 10.9. The lowest BCUT2D eigenvalue weighted by Crippen LogP contribution is -2.46. The lowest BCUT2D eigenvalue weighted by Gasteiger charge is -2.44. The Morgan fingerprint density at radius 2 is 1.56 bits per heavy atom. The first-order valence-corrected chi connectivity index (χ1v) is 16.2. The second-order valence-corrected chi connectivity index (χ2v) is 15.7. The van der Waals surface area contributed by atoms with Crippen LogP contribution in [0, 0.1) is 16.2 Å². The summed E-state index contributed by atoms with van der Waals surface area (Å²) < 4.78 is 61.1. The average molecular weight is 631 g/mol. The molecule has 0 bridgehead atoms. The Bertz CT molecular complexity index is 1450. The van der Waals surface area contributed by atoms with Crippen molar-refractivity contribution in [2.24, 2.45) is 16.2 Å². The standard InChI is InChI=1S/C38H53F3O4/c1-12-13-14-15-26-16-17-27-21-32(44-31(27)20-26)29-19-18-28(22-30(29)38(39,40)41)45-36(9,10)23-25(2)43-33(42)37(11,35(6,7)8)24-34(3,4)5/h16-22,25H,12-15,23-24H2,1-11H3. The van der Waals surface area contributed by atoms with Crippen molar-refractivity contribution in [2.45, 2.75) is 133 Å². The maximum atomic E-state index is 14.4. The molecule has 0 aliphatic heterocycles. The monoisotopic (exact) mass is 630 g/mol. The number of esters is 1. The summed E-state index contributed by atoms with van der Waals surface area (Å²) in [4.78, 5) is 13.5. The number of aryl methyl sites for hydroxylation is 1. The number of rotatable bonds is 12. The lowest BCUT2D eigenvalue weighted by molar-refractivity contribution is -0.171. The summed E-state index contributed by atoms with van der Waals surface area (Å²) in [5, 5.41) is 0.757. The normalized spacial score (nSPS) is 15.2. The molecule has 1 heterocycles. The zero-order valence-corrected chi connectivity index (χ0v) is 29.1. The van der Waals surface area contributed by atoms with Crippen molar-refractivity contribution >= 4 is 16.9 Å². The molecule has 2 atom stereocenters. The van der Waals surface area contributed by atoms with Crippen molar-refractivity contribution < 1.29 is 31.9 Å². The van der Waals surface area contributed by atoms with Gasteiger partial charge in [-0.05, 0) is 93.7 Å². The second kappa shape index (κ2) is 13.4. The molecule has 0 amide bonds. The van der Waals surface area contributed by atoms with Gasteiger partial charge in [0.25, 0.3) is 0 Å². The van der Waals surface area contributed by atoms with Gasteiger partial charge in [-0.2, -0.15) is 13.2 Å². The molecule has 0 N–H and O–H groups in total. The lowest BCUT2D eigenvalue weighted by atomic mass is 9.61. The highest BCUT2D eigenvalue weighted by molar-refractivity contribution is 5.84. The van der Waals surface area contributed by atoms with Crippen molar-refractivity contribution in [3.05, 3.63) is 53.6 Å². The fourth-order valence-electron chi connectivity index (χ4n) is 6.09. The highest BCUT2D eigenvalue weighted by Crippen LogP contribution is 2.48. The van der Waals surface area contributed by atoms with Crippen LogP contribution in [0.1, 0.15) is 119 Å². The maximum Gasteiger partial charge on any atom is 0.417 e. The number of carbonyl (C=O) groups excluding carboxylic acids is 1. The smallest absolute Gasteiger partial charge is 0.417 e. The van der Waals surface area contributed by atoms with Crippen LogP contribution >= 0.6 is 0 Å². The topological polar surface area (TPSA) is 48.7 Å². The van der Waals surface area contributed by atoms with Gasteiger partial charge in [0.15, 0.2) is 0 Å². The van der Waals surface area contributed by atoms with Crippen molar-refractivity contribution in [1.29, 1.82) is 0 Å². The van der Waals surface area contributed by atoms with Gasteiger partial charge in [0.05, 0.1) is 11.0 Å². The molecule has 45 heavy (non-hydrogen) atoms. The summed E-state index contributed by atoms with van der Waals surface area (Å²) in [6, 6.07) is 11.4. The van der Waals surface area contributed by atoms with Gasteiger partial charge in [-0.3, -0.25) is 4.79 Å². The third-order valence-electron chi connectivity index (χ3n) is 8.69. The molecule has 0 saturated carbocycles. The Balaban J connectivity index is 1.81. The second-order valence-electron chi connectivity index (χ2n) is 15.7. The summed E-state index contributed by atoms with van der Waals surface area (Å²) in [5.41, 5.74) is -1.27. The van der Waals surface area contributed by atoms with E-state index in [4.69, 9.17) is 13.9 Å². The minimum absolute atomic E-state index is 0.0426. The Hall–Kier alpha value is -2.96. The quantitative estimate of drug-likeness (QED) is 0.148. The average Bonchev–Trinajstić information content (AvgIpc) is 3.29. The minimum Gasteiger partial charge on any atom is -0.488 e. The molecule has 7 heteroatoms. The Morgan fingerprint density at radius 1 is 0.889 bits per heavy atom. The summed E-state index contributed by atoms with van der Waals surface area (Å²) in [6.07, 6.45) is -0.00539. The number of fused-ring (bicyclic) bond motifs is 1. The molecular weight excluding hydrogens is 577 g/mol. The van der Waals surface area contributed by atoms with E-state index in [0.717, 1.165) is 42.7 Å². The minimum atomic E-state index is -4.63. The van der Waals surface area contributed by atoms with E-state index >= 15 is 0 Å². The maximum absolute atomic E-state index is 14.4. The van der Waals surface area contributed by atoms with Crippen molar-refractivity contribution in [3.8, 4) is 17.1 Å². The number of halogens is 3. The number of unbranched alkanes of at least 4 members (excludes halogenated alkanes) is 2. The van der Waals surface area contributed by atoms with E-state index in [1.54, 1.807) is 26.8 Å². The third-order valence-corrected chi connectivity index (χ3v) is 8.69. The Morgan fingerprint density at radius 3 is 2.13 bits per heavy atom. The molecule has 2 aromatic carbocycles. The Labute approximate surface area is 268 Å². The third kappa shape index (κ3) is 9.52. The fraction of sp³-hybridized carbons (Fsp3) is 0.605. The van der Waals surface area contributed by atoms with Crippen LogP contribution in [0.4, 0.5) is 13.2 Å². The SMILES string of the molecule is CCCCCc1ccc2cc(-c3ccc(OC(C)(C)CC(C)OC(=O)C(C)(CC(C)(C)C)C(C)(C)C)cc3C(F)(F)F)oc2c1. The molecule has 0 aliphatic rings. The fourth-order valence-corrected chi connectivity index (χ4v) is 6.09. The van der Waals surface area contributed by atoms with E-state index < -0.39 is 28.9 Å². The van der Waals surface area contributed by atoms with Gasteiger partial charge in [0.2, 0.25) is 0 Å². The number of carbonyl (C=O) groups is 1. The number of furan rings is 1. The van der Waals surface area contributed by atoms with Crippen molar-refractivity contribution in [1.82, 2.24) is 0 Å². The van der Waals surface area contributed by atoms with E-state index in [9.17, 15) is 18.0 Å². The largest absolute Gasteiger partial charge is 0.488 e. The van der Waals surface area contributed by atoms with Crippen LogP contribution < -0.4 is 4.74 Å². The van der Waals surface area contributed by atoms with Gasteiger partial charge in [0.1, 0.15) is 28.8 Å². The van der Waals surface area contributed by atoms with E-state index in [2.05, 4.69) is 27.7 Å². The predicted octanol–water partition coefficient (Wildman–Crippen LogP) is 11.8. The number of ether oxygens (including phenoxy) is 2. The van der Waals surface area contributed by atoms with Crippen LogP contribution in [0.3, 0.4) is 0 Å². The molecule has 250 valence electrons. The summed E-state index contributed by atoms with van der Waals surface area (Å²) in [6.45, 7) is 21.9.